The van der Waals surface area contributed by atoms with E-state index >= 15 is 0 Å². The highest BCUT2D eigenvalue weighted by atomic mass is 79.9. The van der Waals surface area contributed by atoms with Gasteiger partial charge in [0.2, 0.25) is 0 Å². The molecule has 150 valence electrons. The van der Waals surface area contributed by atoms with E-state index in [2.05, 4.69) is 28.2 Å². The number of aryl methyl sites for hydroxylation is 1. The van der Waals surface area contributed by atoms with Crippen molar-refractivity contribution in [1.29, 1.82) is 0 Å². The number of thiocarbonyl (C=S) groups is 1. The topological polar surface area (TPSA) is 62.6 Å². The lowest BCUT2D eigenvalue weighted by Crippen LogP contribution is -2.54. The number of benzene rings is 2. The van der Waals surface area contributed by atoms with Gasteiger partial charge in [0.1, 0.15) is 17.1 Å². The zero-order valence-corrected chi connectivity index (χ0v) is 18.4. The van der Waals surface area contributed by atoms with E-state index in [4.69, 9.17) is 16.6 Å². The lowest BCUT2D eigenvalue weighted by Gasteiger charge is -2.28. The van der Waals surface area contributed by atoms with E-state index in [-0.39, 0.29) is 10.7 Å². The molecule has 4 rings (SSSR count). The first-order chi connectivity index (χ1) is 14.5. The Hall–Kier alpha value is -3.03. The Morgan fingerprint density at radius 3 is 2.40 bits per heavy atom. The summed E-state index contributed by atoms with van der Waals surface area (Å²) in [5, 5.41) is 2.64. The van der Waals surface area contributed by atoms with Gasteiger partial charge in [0.15, 0.2) is 5.11 Å². The van der Waals surface area contributed by atoms with E-state index in [1.165, 1.54) is 11.0 Å². The van der Waals surface area contributed by atoms with Crippen LogP contribution in [0.25, 0.3) is 17.4 Å². The van der Waals surface area contributed by atoms with Gasteiger partial charge in [0.25, 0.3) is 11.8 Å². The molecule has 5 nitrogen and oxygen atoms in total. The number of carbonyl (C=O) groups excluding carboxylic acids is 2. The molecule has 1 aliphatic heterocycles. The SMILES string of the molecule is CCc1ccc(N2C(=O)/C(=C\c3ccc(-c4ccc(Br)cc4)o3)C(=O)NC2=S)cc1. The molecular weight excluding hydrogens is 464 g/mol. The van der Waals surface area contributed by atoms with Crippen molar-refractivity contribution in [3.8, 4) is 11.3 Å². The number of nitrogens with one attached hydrogen (secondary N) is 1. The van der Waals surface area contributed by atoms with Gasteiger partial charge in [-0.25, -0.2) is 0 Å². The van der Waals surface area contributed by atoms with Crippen LogP contribution in [0.5, 0.6) is 0 Å². The molecule has 2 aromatic carbocycles. The first-order valence-corrected chi connectivity index (χ1v) is 10.5. The number of anilines is 1. The lowest BCUT2D eigenvalue weighted by atomic mass is 10.1. The van der Waals surface area contributed by atoms with Crippen molar-refractivity contribution in [2.45, 2.75) is 13.3 Å². The number of hydrogen-bond donors (Lipinski definition) is 1. The fourth-order valence-corrected chi connectivity index (χ4v) is 3.66. The maximum atomic E-state index is 13.1. The molecule has 0 saturated carbocycles. The quantitative estimate of drug-likeness (QED) is 0.320. The minimum absolute atomic E-state index is 0.0418. The summed E-state index contributed by atoms with van der Waals surface area (Å²) in [5.41, 5.74) is 2.59. The molecule has 2 heterocycles. The summed E-state index contributed by atoms with van der Waals surface area (Å²) >= 11 is 8.64. The Balaban J connectivity index is 1.65. The third-order valence-corrected chi connectivity index (χ3v) is 5.56. The molecule has 2 amide bonds. The molecule has 1 saturated heterocycles. The van der Waals surface area contributed by atoms with Crippen LogP contribution in [0, 0.1) is 0 Å². The molecular formula is C23H17BrN2O3S. The minimum atomic E-state index is -0.548. The highest BCUT2D eigenvalue weighted by Gasteiger charge is 2.34. The molecule has 0 spiro atoms. The maximum Gasteiger partial charge on any atom is 0.270 e. The van der Waals surface area contributed by atoms with Crippen molar-refractivity contribution in [1.82, 2.24) is 5.32 Å². The van der Waals surface area contributed by atoms with Crippen LogP contribution in [0.3, 0.4) is 0 Å². The first-order valence-electron chi connectivity index (χ1n) is 9.32. The fourth-order valence-electron chi connectivity index (χ4n) is 3.11. The van der Waals surface area contributed by atoms with Crippen LogP contribution in [0.1, 0.15) is 18.2 Å². The summed E-state index contributed by atoms with van der Waals surface area (Å²) in [6.45, 7) is 2.05. The standard InChI is InChI=1S/C23H17BrN2O3S/c1-2-14-3-9-17(10-4-14)26-22(28)19(21(27)25-23(26)30)13-18-11-12-20(29-18)15-5-7-16(24)8-6-15/h3-13H,2H2,1H3,(H,25,27,30)/b19-13-. The number of rotatable bonds is 4. The summed E-state index contributed by atoms with van der Waals surface area (Å²) < 4.78 is 6.80. The molecule has 0 bridgehead atoms. The van der Waals surface area contributed by atoms with Crippen LogP contribution in [0.4, 0.5) is 5.69 Å². The molecule has 0 unspecified atom stereocenters. The largest absolute Gasteiger partial charge is 0.457 e. The van der Waals surface area contributed by atoms with Crippen LogP contribution in [0.2, 0.25) is 0 Å². The summed E-state index contributed by atoms with van der Waals surface area (Å²) in [6, 6.07) is 18.7. The van der Waals surface area contributed by atoms with Crippen molar-refractivity contribution < 1.29 is 14.0 Å². The predicted octanol–water partition coefficient (Wildman–Crippen LogP) is 5.10. The number of carbonyl (C=O) groups is 2. The van der Waals surface area contributed by atoms with Gasteiger partial charge in [0.05, 0.1) is 5.69 Å². The fraction of sp³-hybridized carbons (Fsp3) is 0.0870. The van der Waals surface area contributed by atoms with Gasteiger partial charge in [-0.05, 0) is 66.7 Å². The van der Waals surface area contributed by atoms with Crippen molar-refractivity contribution in [3.63, 3.8) is 0 Å². The number of halogens is 1. The highest BCUT2D eigenvalue weighted by molar-refractivity contribution is 9.10. The van der Waals surface area contributed by atoms with Gasteiger partial charge in [-0.15, -0.1) is 0 Å². The first kappa shape index (κ1) is 20.3. The van der Waals surface area contributed by atoms with E-state index in [0.717, 1.165) is 22.0 Å². The molecule has 1 aliphatic rings. The third kappa shape index (κ3) is 3.99. The normalized spacial score (nSPS) is 15.6. The van der Waals surface area contributed by atoms with Crippen molar-refractivity contribution >= 4 is 56.8 Å². The van der Waals surface area contributed by atoms with Crippen molar-refractivity contribution in [3.05, 3.63) is 82.0 Å². The average molecular weight is 481 g/mol. The Kier molecular flexibility index (Phi) is 5.65. The van der Waals surface area contributed by atoms with E-state index < -0.39 is 11.8 Å². The minimum Gasteiger partial charge on any atom is -0.457 e. The summed E-state index contributed by atoms with van der Waals surface area (Å²) in [7, 11) is 0. The Labute approximate surface area is 187 Å². The summed E-state index contributed by atoms with van der Waals surface area (Å²) in [6.07, 6.45) is 2.33. The van der Waals surface area contributed by atoms with Gasteiger partial charge in [-0.3, -0.25) is 19.8 Å². The van der Waals surface area contributed by atoms with Crippen LogP contribution >= 0.6 is 28.1 Å². The third-order valence-electron chi connectivity index (χ3n) is 4.75. The number of hydrogen-bond acceptors (Lipinski definition) is 4. The summed E-state index contributed by atoms with van der Waals surface area (Å²) in [4.78, 5) is 26.9. The van der Waals surface area contributed by atoms with E-state index in [1.807, 2.05) is 48.5 Å². The Morgan fingerprint density at radius 2 is 1.73 bits per heavy atom. The second-order valence-electron chi connectivity index (χ2n) is 6.69. The lowest BCUT2D eigenvalue weighted by molar-refractivity contribution is -0.122. The number of amides is 2. The van der Waals surface area contributed by atoms with Gasteiger partial charge in [0, 0.05) is 10.0 Å². The molecule has 1 fully saturated rings. The van der Waals surface area contributed by atoms with Gasteiger partial charge in [-0.2, -0.15) is 0 Å². The molecule has 7 heteroatoms. The molecule has 30 heavy (non-hydrogen) atoms. The zero-order chi connectivity index (χ0) is 21.3. The van der Waals surface area contributed by atoms with Gasteiger partial charge < -0.3 is 4.42 Å². The van der Waals surface area contributed by atoms with Gasteiger partial charge >= 0.3 is 0 Å². The predicted molar refractivity (Wildman–Crippen MR) is 124 cm³/mol. The number of furan rings is 1. The zero-order valence-electron chi connectivity index (χ0n) is 16.0. The van der Waals surface area contributed by atoms with E-state index in [1.54, 1.807) is 12.1 Å². The molecule has 0 atom stereocenters. The van der Waals surface area contributed by atoms with Crippen molar-refractivity contribution in [2.75, 3.05) is 4.90 Å². The van der Waals surface area contributed by atoms with Crippen LogP contribution < -0.4 is 10.2 Å². The second-order valence-corrected chi connectivity index (χ2v) is 7.99. The average Bonchev–Trinajstić information content (AvgIpc) is 3.21. The van der Waals surface area contributed by atoms with Crippen LogP contribution in [-0.2, 0) is 16.0 Å². The van der Waals surface area contributed by atoms with Crippen molar-refractivity contribution in [2.24, 2.45) is 0 Å². The van der Waals surface area contributed by atoms with Gasteiger partial charge in [-0.1, -0.05) is 47.1 Å². The molecule has 0 radical (unpaired) electrons. The van der Waals surface area contributed by atoms with Crippen LogP contribution in [-0.4, -0.2) is 16.9 Å². The molecule has 1 N–H and O–H groups in total. The summed E-state index contributed by atoms with van der Waals surface area (Å²) in [5.74, 6) is 0.00340. The monoisotopic (exact) mass is 480 g/mol. The smallest absolute Gasteiger partial charge is 0.270 e. The molecule has 1 aromatic heterocycles. The Bertz CT molecular complexity index is 1160. The maximum absolute atomic E-state index is 13.1. The number of nitrogens with zero attached hydrogens (tertiary/aromatic N) is 1. The highest BCUT2D eigenvalue weighted by Crippen LogP contribution is 2.27. The van der Waals surface area contributed by atoms with E-state index in [9.17, 15) is 9.59 Å². The van der Waals surface area contributed by atoms with Crippen LogP contribution in [0.15, 0.2) is 75.1 Å². The Morgan fingerprint density at radius 1 is 1.03 bits per heavy atom. The van der Waals surface area contributed by atoms with E-state index in [0.29, 0.717) is 17.2 Å². The second kappa shape index (κ2) is 8.38. The molecule has 0 aliphatic carbocycles. The molecule has 3 aromatic rings.